The van der Waals surface area contributed by atoms with Gasteiger partial charge in [0.2, 0.25) is 5.91 Å². The number of hydrogen-bond donors (Lipinski definition) is 0. The van der Waals surface area contributed by atoms with Crippen molar-refractivity contribution in [2.24, 2.45) is 0 Å². The molecule has 0 bridgehead atoms. The van der Waals surface area contributed by atoms with Gasteiger partial charge in [-0.15, -0.1) is 0 Å². The lowest BCUT2D eigenvalue weighted by molar-refractivity contribution is -0.157. The van der Waals surface area contributed by atoms with Crippen LogP contribution in [0.3, 0.4) is 0 Å². The molecular formula is C25H32ClN3O3. The Labute approximate surface area is 195 Å². The van der Waals surface area contributed by atoms with Gasteiger partial charge in [0.15, 0.2) is 0 Å². The number of aryl methyl sites for hydroxylation is 1. The van der Waals surface area contributed by atoms with Gasteiger partial charge in [0, 0.05) is 50.1 Å². The predicted octanol–water partition coefficient (Wildman–Crippen LogP) is 4.10. The van der Waals surface area contributed by atoms with Crippen molar-refractivity contribution in [2.45, 2.75) is 44.8 Å². The van der Waals surface area contributed by atoms with Crippen LogP contribution < -0.4 is 4.74 Å². The molecule has 2 saturated heterocycles. The number of carbonyl (C=O) groups excluding carboxylic acids is 1. The highest BCUT2D eigenvalue weighted by Crippen LogP contribution is 2.27. The van der Waals surface area contributed by atoms with E-state index in [0.717, 1.165) is 50.3 Å². The first kappa shape index (κ1) is 23.0. The molecule has 2 aliphatic heterocycles. The zero-order chi connectivity index (χ0) is 22.4. The van der Waals surface area contributed by atoms with E-state index in [4.69, 9.17) is 21.1 Å². The molecule has 3 heterocycles. The maximum absolute atomic E-state index is 13.2. The smallest absolute Gasteiger partial charge is 0.225 e. The van der Waals surface area contributed by atoms with Crippen molar-refractivity contribution in [3.05, 3.63) is 58.9 Å². The summed E-state index contributed by atoms with van der Waals surface area (Å²) < 4.78 is 12.4. The third kappa shape index (κ3) is 6.21. The molecule has 6 nitrogen and oxygen atoms in total. The summed E-state index contributed by atoms with van der Waals surface area (Å²) in [6.45, 7) is 6.84. The van der Waals surface area contributed by atoms with Gasteiger partial charge in [-0.05, 0) is 61.6 Å². The second-order valence-corrected chi connectivity index (χ2v) is 9.41. The number of benzene rings is 1. The molecule has 0 spiro atoms. The van der Waals surface area contributed by atoms with Gasteiger partial charge in [0.1, 0.15) is 18.0 Å². The van der Waals surface area contributed by atoms with Crippen molar-refractivity contribution >= 4 is 17.5 Å². The predicted molar refractivity (Wildman–Crippen MR) is 125 cm³/mol. The summed E-state index contributed by atoms with van der Waals surface area (Å²) in [4.78, 5) is 21.8. The number of aromatic nitrogens is 1. The van der Waals surface area contributed by atoms with Crippen LogP contribution in [0.1, 0.15) is 36.8 Å². The summed E-state index contributed by atoms with van der Waals surface area (Å²) in [5.74, 6) is 0.881. The van der Waals surface area contributed by atoms with Crippen LogP contribution >= 0.6 is 11.6 Å². The van der Waals surface area contributed by atoms with Crippen LogP contribution in [0.25, 0.3) is 0 Å². The highest BCUT2D eigenvalue weighted by Gasteiger charge is 2.41. The van der Waals surface area contributed by atoms with E-state index in [2.05, 4.69) is 22.9 Å². The number of piperidine rings is 1. The third-order valence-electron chi connectivity index (χ3n) is 6.16. The molecule has 32 heavy (non-hydrogen) atoms. The fraction of sp³-hybridized carbons (Fsp3) is 0.520. The summed E-state index contributed by atoms with van der Waals surface area (Å²) in [6, 6.07) is 9.47. The van der Waals surface area contributed by atoms with Crippen LogP contribution in [-0.2, 0) is 16.1 Å². The number of ether oxygens (including phenoxy) is 2. The van der Waals surface area contributed by atoms with Crippen molar-refractivity contribution in [2.75, 3.05) is 39.4 Å². The molecule has 172 valence electrons. The molecular weight excluding hydrogens is 426 g/mol. The van der Waals surface area contributed by atoms with Crippen LogP contribution in [-0.4, -0.2) is 65.7 Å². The zero-order valence-corrected chi connectivity index (χ0v) is 19.5. The lowest BCUT2D eigenvalue weighted by atomic mass is 9.96. The maximum Gasteiger partial charge on any atom is 0.225 e. The van der Waals surface area contributed by atoms with Crippen molar-refractivity contribution in [3.8, 4) is 5.75 Å². The average molecular weight is 458 g/mol. The number of nitrogens with zero attached hydrogens (tertiary/aromatic N) is 3. The van der Waals surface area contributed by atoms with E-state index in [-0.39, 0.29) is 5.91 Å². The molecule has 1 aromatic heterocycles. The molecule has 1 amide bonds. The Balaban J connectivity index is 1.48. The Bertz CT molecular complexity index is 902. The van der Waals surface area contributed by atoms with E-state index in [0.29, 0.717) is 31.2 Å². The number of carbonyl (C=O) groups is 1. The number of rotatable bonds is 7. The monoisotopic (exact) mass is 457 g/mol. The summed E-state index contributed by atoms with van der Waals surface area (Å²) in [5, 5.41) is 0.666. The van der Waals surface area contributed by atoms with Gasteiger partial charge in [0.05, 0.1) is 13.0 Å². The topological polar surface area (TPSA) is 54.9 Å². The highest BCUT2D eigenvalue weighted by atomic mass is 35.5. The lowest BCUT2D eigenvalue weighted by Crippen LogP contribution is -2.57. The van der Waals surface area contributed by atoms with Gasteiger partial charge in [0.25, 0.3) is 0 Å². The second-order valence-electron chi connectivity index (χ2n) is 8.97. The average Bonchev–Trinajstić information content (AvgIpc) is 2.80. The molecule has 2 fully saturated rings. The number of amides is 1. The molecule has 1 atom stereocenters. The molecule has 4 rings (SSSR count). The minimum absolute atomic E-state index is 0.156. The van der Waals surface area contributed by atoms with Crippen LogP contribution in [0.15, 0.2) is 42.7 Å². The van der Waals surface area contributed by atoms with Crippen molar-refractivity contribution in [1.82, 2.24) is 14.8 Å². The fourth-order valence-electron chi connectivity index (χ4n) is 4.54. The normalized spacial score (nSPS) is 22.0. The van der Waals surface area contributed by atoms with Gasteiger partial charge >= 0.3 is 0 Å². The minimum Gasteiger partial charge on any atom is -0.491 e. The van der Waals surface area contributed by atoms with Crippen LogP contribution in [0.2, 0.25) is 5.02 Å². The Hall–Kier alpha value is -2.15. The van der Waals surface area contributed by atoms with Gasteiger partial charge in [-0.25, -0.2) is 0 Å². The first-order valence-corrected chi connectivity index (χ1v) is 11.8. The van der Waals surface area contributed by atoms with Crippen LogP contribution in [0.5, 0.6) is 5.75 Å². The number of hydrogen-bond acceptors (Lipinski definition) is 5. The Kier molecular flexibility index (Phi) is 7.66. The quantitative estimate of drug-likeness (QED) is 0.626. The Morgan fingerprint density at radius 3 is 2.69 bits per heavy atom. The molecule has 0 saturated carbocycles. The number of halogens is 1. The van der Waals surface area contributed by atoms with E-state index < -0.39 is 5.60 Å². The van der Waals surface area contributed by atoms with Gasteiger partial charge < -0.3 is 14.4 Å². The fourth-order valence-corrected chi connectivity index (χ4v) is 4.67. The van der Waals surface area contributed by atoms with E-state index >= 15 is 0 Å². The van der Waals surface area contributed by atoms with Gasteiger partial charge in [-0.1, -0.05) is 17.7 Å². The molecule has 0 aliphatic carbocycles. The standard InChI is InChI=1S/C25H32ClN3O3/c1-20-13-21(16-27-15-20)17-28-11-12-32-25(18-28,14-24(30)29-9-3-2-4-10-29)19-31-23-7-5-22(26)6-8-23/h5-8,13,15-16H,2-4,9-12,14,17-19H2,1H3/t25-/m0/s1. The first-order valence-electron chi connectivity index (χ1n) is 11.4. The Morgan fingerprint density at radius 2 is 1.94 bits per heavy atom. The highest BCUT2D eigenvalue weighted by molar-refractivity contribution is 6.30. The zero-order valence-electron chi connectivity index (χ0n) is 18.8. The Morgan fingerprint density at radius 1 is 1.16 bits per heavy atom. The summed E-state index contributed by atoms with van der Waals surface area (Å²) >= 11 is 6.01. The van der Waals surface area contributed by atoms with Gasteiger partial charge in [-0.2, -0.15) is 0 Å². The summed E-state index contributed by atoms with van der Waals surface area (Å²) in [5.41, 5.74) is 1.62. The van der Waals surface area contributed by atoms with Crippen molar-refractivity contribution in [3.63, 3.8) is 0 Å². The van der Waals surface area contributed by atoms with E-state index in [1.54, 1.807) is 12.1 Å². The molecule has 0 radical (unpaired) electrons. The maximum atomic E-state index is 13.2. The number of likely N-dealkylation sites (tertiary alicyclic amines) is 1. The largest absolute Gasteiger partial charge is 0.491 e. The summed E-state index contributed by atoms with van der Waals surface area (Å²) in [7, 11) is 0. The molecule has 2 aliphatic rings. The van der Waals surface area contributed by atoms with E-state index in [1.807, 2.05) is 29.4 Å². The third-order valence-corrected chi connectivity index (χ3v) is 6.41. The molecule has 0 N–H and O–H groups in total. The van der Waals surface area contributed by atoms with Crippen LogP contribution in [0, 0.1) is 6.92 Å². The first-order chi connectivity index (χ1) is 15.5. The van der Waals surface area contributed by atoms with Crippen LogP contribution in [0.4, 0.5) is 0 Å². The molecule has 1 aromatic carbocycles. The number of pyridine rings is 1. The van der Waals surface area contributed by atoms with E-state index in [1.165, 1.54) is 12.0 Å². The molecule has 7 heteroatoms. The van der Waals surface area contributed by atoms with Gasteiger partial charge in [-0.3, -0.25) is 14.7 Å². The van der Waals surface area contributed by atoms with E-state index in [9.17, 15) is 4.79 Å². The van der Waals surface area contributed by atoms with Crippen molar-refractivity contribution in [1.29, 1.82) is 0 Å². The molecule has 2 aromatic rings. The molecule has 0 unspecified atom stereocenters. The number of morpholine rings is 1. The second kappa shape index (κ2) is 10.6. The lowest BCUT2D eigenvalue weighted by Gasteiger charge is -2.43. The minimum atomic E-state index is -0.691. The van der Waals surface area contributed by atoms with Crippen molar-refractivity contribution < 1.29 is 14.3 Å². The SMILES string of the molecule is Cc1cncc(CN2CCO[C@@](COc3ccc(Cl)cc3)(CC(=O)N3CCCCC3)C2)c1. The summed E-state index contributed by atoms with van der Waals surface area (Å²) in [6.07, 6.45) is 7.45.